The maximum atomic E-state index is 12.0. The van der Waals surface area contributed by atoms with E-state index in [-0.39, 0.29) is 23.3 Å². The number of aryl methyl sites for hydroxylation is 2. The van der Waals surface area contributed by atoms with E-state index in [9.17, 15) is 17.8 Å². The molecule has 256 valence electrons. The Bertz CT molecular complexity index is 1110. The van der Waals surface area contributed by atoms with Crippen molar-refractivity contribution in [2.75, 3.05) is 13.2 Å². The van der Waals surface area contributed by atoms with Gasteiger partial charge in [0.15, 0.2) is 12.5 Å². The molecule has 0 saturated carbocycles. The number of hydrogen-bond acceptors (Lipinski definition) is 8. The molecule has 10 heteroatoms. The lowest BCUT2D eigenvalue weighted by atomic mass is 10.0. The predicted octanol–water partition coefficient (Wildman–Crippen LogP) is 8.26. The third-order valence-corrected chi connectivity index (χ3v) is 9.44. The summed E-state index contributed by atoms with van der Waals surface area (Å²) < 4.78 is 50.4. The van der Waals surface area contributed by atoms with Gasteiger partial charge in [-0.3, -0.25) is 4.79 Å². The van der Waals surface area contributed by atoms with Gasteiger partial charge < -0.3 is 18.8 Å². The molecule has 2 atom stereocenters. The van der Waals surface area contributed by atoms with E-state index in [1.807, 2.05) is 6.92 Å². The zero-order chi connectivity index (χ0) is 32.6. The summed E-state index contributed by atoms with van der Waals surface area (Å²) in [5.41, 5.74) is 3.04. The Labute approximate surface area is 276 Å². The molecule has 3 rings (SSSR count). The second-order valence-corrected chi connectivity index (χ2v) is 14.2. The van der Waals surface area contributed by atoms with Crippen LogP contribution < -0.4 is 4.57 Å². The van der Waals surface area contributed by atoms with E-state index >= 15 is 0 Å². The number of hydrogen-bond donors (Lipinski definition) is 0. The zero-order valence-corrected chi connectivity index (χ0v) is 29.3. The molecule has 0 bridgehead atoms. The van der Waals surface area contributed by atoms with Gasteiger partial charge in [-0.05, 0) is 44.7 Å². The minimum atomic E-state index is -4.27. The number of rotatable bonds is 23. The Balaban J connectivity index is 0.000000537. The first kappa shape index (κ1) is 39.3. The summed E-state index contributed by atoms with van der Waals surface area (Å²) in [6.07, 6.45) is 24.0. The Morgan fingerprint density at radius 3 is 2.09 bits per heavy atom. The molecule has 1 aliphatic rings. The largest absolute Gasteiger partial charge is 0.744 e. The van der Waals surface area contributed by atoms with Gasteiger partial charge in [-0.1, -0.05) is 113 Å². The topological polar surface area (TPSA) is 106 Å². The smallest absolute Gasteiger partial charge is 0.305 e. The fraction of sp³-hybridized carbons (Fsp3) is 0.714. The minimum Gasteiger partial charge on any atom is -0.744 e. The molecule has 8 nitrogen and oxygen atoms in total. The summed E-state index contributed by atoms with van der Waals surface area (Å²) in [7, 11) is -4.27. The van der Waals surface area contributed by atoms with Crippen LogP contribution in [0.4, 0.5) is 0 Å². The number of benzene rings is 1. The molecule has 2 heterocycles. The van der Waals surface area contributed by atoms with Crippen LogP contribution in [0.5, 0.6) is 0 Å². The number of nitrogens with zero attached hydrogens (tertiary/aromatic N) is 1. The minimum absolute atomic E-state index is 0.106. The average Bonchev–Trinajstić information content (AvgIpc) is 3.71. The summed E-state index contributed by atoms with van der Waals surface area (Å²) in [6, 6.07) is 5.78. The summed E-state index contributed by atoms with van der Waals surface area (Å²) in [4.78, 5) is 11.8. The van der Waals surface area contributed by atoms with Crippen molar-refractivity contribution in [1.82, 2.24) is 0 Å². The number of thiazole rings is 1. The van der Waals surface area contributed by atoms with Crippen molar-refractivity contribution in [3.8, 4) is 0 Å². The molecule has 1 fully saturated rings. The lowest BCUT2D eigenvalue weighted by Crippen LogP contribution is -2.29. The van der Waals surface area contributed by atoms with E-state index in [1.165, 1.54) is 89.2 Å². The predicted molar refractivity (Wildman–Crippen MR) is 178 cm³/mol. The summed E-state index contributed by atoms with van der Waals surface area (Å²) >= 11 is 1.71. The Hall–Kier alpha value is -1.85. The molecular formula is C35H57NO7S2. The third kappa shape index (κ3) is 20.1. The van der Waals surface area contributed by atoms with Crippen LogP contribution in [0, 0.1) is 6.92 Å². The van der Waals surface area contributed by atoms with Crippen molar-refractivity contribution in [3.05, 3.63) is 46.9 Å². The van der Waals surface area contributed by atoms with Crippen LogP contribution in [-0.4, -0.2) is 44.5 Å². The highest BCUT2D eigenvalue weighted by Gasteiger charge is 2.26. The number of unbranched alkanes of at least 4 members (excludes halogenated alkanes) is 14. The van der Waals surface area contributed by atoms with Crippen molar-refractivity contribution in [2.45, 2.75) is 153 Å². The molecule has 45 heavy (non-hydrogen) atoms. The fourth-order valence-electron chi connectivity index (χ4n) is 5.17. The summed E-state index contributed by atoms with van der Waals surface area (Å²) in [5.74, 6) is -0.119. The molecule has 0 unspecified atom stereocenters. The first-order chi connectivity index (χ1) is 21.8. The molecular weight excluding hydrogens is 611 g/mol. The maximum absolute atomic E-state index is 12.0. The van der Waals surface area contributed by atoms with Crippen LogP contribution in [0.2, 0.25) is 0 Å². The second-order valence-electron chi connectivity index (χ2n) is 12.1. The van der Waals surface area contributed by atoms with E-state index in [0.29, 0.717) is 19.6 Å². The van der Waals surface area contributed by atoms with Crippen LogP contribution in [-0.2, 0) is 35.7 Å². The lowest BCUT2D eigenvalue weighted by molar-refractivity contribution is -0.692. The first-order valence-electron chi connectivity index (χ1n) is 17.1. The van der Waals surface area contributed by atoms with Gasteiger partial charge in [-0.2, -0.15) is 4.57 Å². The van der Waals surface area contributed by atoms with Gasteiger partial charge in [0, 0.05) is 12.8 Å². The van der Waals surface area contributed by atoms with Crippen LogP contribution in [0.1, 0.15) is 128 Å². The standard InChI is InChI=1S/C28H50NO4S.C7H8O3S/c1-2-3-4-5-6-7-8-9-10-11-12-13-16-19-28-32-24-26(33-28)23-31-27(30)18-15-14-17-20-29-21-22-34-25-29;1-6-2-4-7(5-3-6)11(8,9)10/h21-22,25-26,28H,2-20,23-24H2,1H3;2-5H,1H3,(H,8,9,10)/q+1;/p-1/t26-,28-;/m1./s1. The van der Waals surface area contributed by atoms with E-state index in [2.05, 4.69) is 28.6 Å². The lowest BCUT2D eigenvalue weighted by Gasteiger charge is -2.12. The molecule has 2 aromatic rings. The van der Waals surface area contributed by atoms with Crippen LogP contribution in [0.15, 0.2) is 46.2 Å². The quantitative estimate of drug-likeness (QED) is 0.0508. The molecule has 0 radical (unpaired) electrons. The molecule has 1 aromatic carbocycles. The summed E-state index contributed by atoms with van der Waals surface area (Å²) in [6.45, 7) is 5.97. The van der Waals surface area contributed by atoms with Gasteiger partial charge in [0.2, 0.25) is 5.51 Å². The van der Waals surface area contributed by atoms with Crippen LogP contribution in [0.3, 0.4) is 0 Å². The first-order valence-corrected chi connectivity index (χ1v) is 19.5. The van der Waals surface area contributed by atoms with Crippen molar-refractivity contribution in [1.29, 1.82) is 0 Å². The SMILES string of the molecule is CCCCCCCCCCCCCCC[C@@H]1OC[C@@H](COC(=O)CCCCC[n+]2ccsc2)O1.Cc1ccc(S(=O)(=O)[O-])cc1. The molecule has 1 aromatic heterocycles. The highest BCUT2D eigenvalue weighted by Crippen LogP contribution is 2.19. The van der Waals surface area contributed by atoms with E-state index < -0.39 is 10.1 Å². The highest BCUT2D eigenvalue weighted by atomic mass is 32.2. The maximum Gasteiger partial charge on any atom is 0.305 e. The van der Waals surface area contributed by atoms with Gasteiger partial charge in [-0.25, -0.2) is 8.42 Å². The summed E-state index contributed by atoms with van der Waals surface area (Å²) in [5, 5.41) is 2.08. The van der Waals surface area contributed by atoms with Crippen LogP contribution in [0.25, 0.3) is 0 Å². The van der Waals surface area contributed by atoms with E-state index in [4.69, 9.17) is 14.2 Å². The second kappa shape index (κ2) is 24.3. The van der Waals surface area contributed by atoms with Gasteiger partial charge in [0.25, 0.3) is 0 Å². The number of ether oxygens (including phenoxy) is 3. The fourth-order valence-corrected chi connectivity index (χ4v) is 6.27. The molecule has 0 amide bonds. The monoisotopic (exact) mass is 667 g/mol. The van der Waals surface area contributed by atoms with Gasteiger partial charge in [0.05, 0.1) is 16.9 Å². The van der Waals surface area contributed by atoms with Crippen molar-refractivity contribution in [3.63, 3.8) is 0 Å². The van der Waals surface area contributed by atoms with E-state index in [0.717, 1.165) is 44.2 Å². The average molecular weight is 668 g/mol. The molecule has 1 aliphatic heterocycles. The Morgan fingerprint density at radius 2 is 1.51 bits per heavy atom. The van der Waals surface area contributed by atoms with Crippen molar-refractivity contribution >= 4 is 27.4 Å². The molecule has 0 spiro atoms. The number of carbonyl (C=O) groups is 1. The number of carbonyl (C=O) groups excluding carboxylic acids is 1. The zero-order valence-electron chi connectivity index (χ0n) is 27.7. The molecule has 0 aliphatic carbocycles. The third-order valence-electron chi connectivity index (χ3n) is 7.92. The molecule has 1 saturated heterocycles. The molecule has 0 N–H and O–H groups in total. The van der Waals surface area contributed by atoms with Crippen molar-refractivity contribution < 1.29 is 36.5 Å². The Kier molecular flexibility index (Phi) is 21.3. The Morgan fingerprint density at radius 1 is 0.911 bits per heavy atom. The van der Waals surface area contributed by atoms with E-state index in [1.54, 1.807) is 23.5 Å². The number of esters is 1. The van der Waals surface area contributed by atoms with Crippen LogP contribution >= 0.6 is 11.3 Å². The number of aromatic nitrogens is 1. The van der Waals surface area contributed by atoms with Gasteiger partial charge >= 0.3 is 5.97 Å². The highest BCUT2D eigenvalue weighted by molar-refractivity contribution is 7.85. The normalized spacial score (nSPS) is 16.3. The van der Waals surface area contributed by atoms with Gasteiger partial charge in [-0.15, -0.1) is 0 Å². The van der Waals surface area contributed by atoms with Crippen molar-refractivity contribution in [2.24, 2.45) is 0 Å². The van der Waals surface area contributed by atoms with Gasteiger partial charge in [0.1, 0.15) is 29.4 Å².